The van der Waals surface area contributed by atoms with E-state index in [1.807, 2.05) is 30.1 Å². The van der Waals surface area contributed by atoms with E-state index in [0.717, 1.165) is 41.3 Å². The van der Waals surface area contributed by atoms with E-state index >= 15 is 0 Å². The van der Waals surface area contributed by atoms with Crippen LogP contribution < -0.4 is 0 Å². The number of hydrogen-bond acceptors (Lipinski definition) is 5. The number of thioether (sulfide) groups is 1. The number of aromatic nitrogens is 4. The lowest BCUT2D eigenvalue weighted by Gasteiger charge is -2.21. The lowest BCUT2D eigenvalue weighted by atomic mass is 9.95. The van der Waals surface area contributed by atoms with Crippen molar-refractivity contribution >= 4 is 27.7 Å². The number of piperidine rings is 1. The summed E-state index contributed by atoms with van der Waals surface area (Å²) in [4.78, 5) is 6.87. The molecule has 1 saturated heterocycles. The van der Waals surface area contributed by atoms with Crippen molar-refractivity contribution in [2.24, 2.45) is 5.92 Å². The average Bonchev–Trinajstić information content (AvgIpc) is 3.14. The zero-order valence-corrected chi connectivity index (χ0v) is 19.6. The molecule has 0 N–H and O–H groups in total. The number of benzene rings is 1. The van der Waals surface area contributed by atoms with Gasteiger partial charge in [0.05, 0.1) is 0 Å². The Kier molecular flexibility index (Phi) is 5.69. The minimum atomic E-state index is 0.425. The van der Waals surface area contributed by atoms with Gasteiger partial charge in [-0.05, 0) is 62.1 Å². The van der Waals surface area contributed by atoms with Crippen LogP contribution in [0.5, 0.6) is 0 Å². The molecule has 2 aromatic heterocycles. The minimum Gasteiger partial charge on any atom is -0.302 e. The second-order valence-corrected chi connectivity index (χ2v) is 10.3. The standard InChI is InChI=1S/C23H26BrN5S/c1-2-29-21(17-5-3-10-25-14-17)26-27-22(29)30-12-4-11-28-15-19-13-23(19,16-28)18-6-8-20(24)9-7-18/h3,5-10,14,19H,2,4,11-13,15-16H2,1H3/t19-,23-/m0/s1. The van der Waals surface area contributed by atoms with Crippen LogP contribution in [0.1, 0.15) is 25.3 Å². The normalized spacial score (nSPS) is 22.9. The molecule has 0 unspecified atom stereocenters. The lowest BCUT2D eigenvalue weighted by Crippen LogP contribution is -2.27. The van der Waals surface area contributed by atoms with Crippen LogP contribution in [0.15, 0.2) is 58.4 Å². The summed E-state index contributed by atoms with van der Waals surface area (Å²) in [6, 6.07) is 13.0. The number of halogens is 1. The average molecular weight is 484 g/mol. The van der Waals surface area contributed by atoms with Crippen LogP contribution in [0, 0.1) is 5.92 Å². The Morgan fingerprint density at radius 1 is 1.20 bits per heavy atom. The Morgan fingerprint density at radius 3 is 2.83 bits per heavy atom. The summed E-state index contributed by atoms with van der Waals surface area (Å²) in [5.74, 6) is 2.82. The maximum atomic E-state index is 4.44. The first kappa shape index (κ1) is 20.2. The van der Waals surface area contributed by atoms with Crippen molar-refractivity contribution in [3.63, 3.8) is 0 Å². The van der Waals surface area contributed by atoms with Gasteiger partial charge in [-0.3, -0.25) is 4.98 Å². The number of nitrogens with zero attached hydrogens (tertiary/aromatic N) is 5. The highest BCUT2D eigenvalue weighted by Crippen LogP contribution is 2.59. The van der Waals surface area contributed by atoms with Gasteiger partial charge in [0, 0.05) is 53.2 Å². The Hall–Kier alpha value is -1.70. The van der Waals surface area contributed by atoms with Crippen molar-refractivity contribution in [1.82, 2.24) is 24.6 Å². The van der Waals surface area contributed by atoms with Gasteiger partial charge in [0.2, 0.25) is 0 Å². The third-order valence-corrected chi connectivity index (χ3v) is 8.02. The van der Waals surface area contributed by atoms with Crippen molar-refractivity contribution in [1.29, 1.82) is 0 Å². The Labute approximate surface area is 190 Å². The highest BCUT2D eigenvalue weighted by Gasteiger charge is 2.60. The molecule has 3 aromatic rings. The molecular formula is C23H26BrN5S. The molecule has 1 aliphatic heterocycles. The van der Waals surface area contributed by atoms with Crippen molar-refractivity contribution in [2.45, 2.75) is 36.9 Å². The van der Waals surface area contributed by atoms with Crippen LogP contribution in [0.4, 0.5) is 0 Å². The lowest BCUT2D eigenvalue weighted by molar-refractivity contribution is 0.299. The summed E-state index contributed by atoms with van der Waals surface area (Å²) in [6.07, 6.45) is 6.17. The third-order valence-electron chi connectivity index (χ3n) is 6.44. The van der Waals surface area contributed by atoms with Crippen molar-refractivity contribution in [2.75, 3.05) is 25.4 Å². The van der Waals surface area contributed by atoms with Crippen LogP contribution in [-0.4, -0.2) is 50.0 Å². The van der Waals surface area contributed by atoms with E-state index in [1.165, 1.54) is 36.0 Å². The third kappa shape index (κ3) is 3.83. The van der Waals surface area contributed by atoms with E-state index in [-0.39, 0.29) is 0 Å². The van der Waals surface area contributed by atoms with Gasteiger partial charge < -0.3 is 9.47 Å². The number of rotatable bonds is 8. The van der Waals surface area contributed by atoms with Gasteiger partial charge in [0.1, 0.15) is 0 Å². The molecule has 2 fully saturated rings. The first-order valence-corrected chi connectivity index (χ1v) is 12.4. The summed E-state index contributed by atoms with van der Waals surface area (Å²) in [5, 5.41) is 9.86. The van der Waals surface area contributed by atoms with Crippen LogP contribution in [0.25, 0.3) is 11.4 Å². The number of likely N-dealkylation sites (tertiary alicyclic amines) is 1. The molecule has 1 saturated carbocycles. The van der Waals surface area contributed by atoms with Gasteiger partial charge in [-0.1, -0.05) is 39.8 Å². The fourth-order valence-electron chi connectivity index (χ4n) is 4.83. The molecule has 1 aliphatic carbocycles. The summed E-state index contributed by atoms with van der Waals surface area (Å²) in [7, 11) is 0. The first-order chi connectivity index (χ1) is 14.7. The van der Waals surface area contributed by atoms with Gasteiger partial charge >= 0.3 is 0 Å². The molecule has 0 amide bonds. The summed E-state index contributed by atoms with van der Waals surface area (Å²) < 4.78 is 3.35. The molecule has 1 aromatic carbocycles. The predicted octanol–water partition coefficient (Wildman–Crippen LogP) is 4.88. The molecule has 2 atom stereocenters. The largest absolute Gasteiger partial charge is 0.302 e. The van der Waals surface area contributed by atoms with Gasteiger partial charge in [-0.15, -0.1) is 10.2 Å². The van der Waals surface area contributed by atoms with Gasteiger partial charge in [0.25, 0.3) is 0 Å². The maximum Gasteiger partial charge on any atom is 0.191 e. The summed E-state index contributed by atoms with van der Waals surface area (Å²) >= 11 is 5.37. The molecule has 0 bridgehead atoms. The van der Waals surface area contributed by atoms with Crippen LogP contribution in [-0.2, 0) is 12.0 Å². The van der Waals surface area contributed by atoms with E-state index in [9.17, 15) is 0 Å². The SMILES string of the molecule is CCn1c(SCCCN2C[C@@H]3C[C@@]3(c3ccc(Br)cc3)C2)nnc1-c1cccnc1. The van der Waals surface area contributed by atoms with Gasteiger partial charge in [-0.25, -0.2) is 0 Å². The van der Waals surface area contributed by atoms with E-state index in [4.69, 9.17) is 0 Å². The topological polar surface area (TPSA) is 46.8 Å². The molecule has 0 spiro atoms. The fraction of sp³-hybridized carbons (Fsp3) is 0.435. The highest BCUT2D eigenvalue weighted by atomic mass is 79.9. The minimum absolute atomic E-state index is 0.425. The van der Waals surface area contributed by atoms with E-state index in [2.05, 4.69) is 71.8 Å². The van der Waals surface area contributed by atoms with Crippen LogP contribution >= 0.6 is 27.7 Å². The molecule has 156 valence electrons. The van der Waals surface area contributed by atoms with Crippen molar-refractivity contribution < 1.29 is 0 Å². The Balaban J connectivity index is 1.14. The van der Waals surface area contributed by atoms with Crippen molar-refractivity contribution in [3.05, 3.63) is 58.8 Å². The molecular weight excluding hydrogens is 458 g/mol. The molecule has 5 rings (SSSR count). The monoisotopic (exact) mass is 483 g/mol. The predicted molar refractivity (Wildman–Crippen MR) is 125 cm³/mol. The molecule has 2 aliphatic rings. The van der Waals surface area contributed by atoms with E-state index in [1.54, 1.807) is 6.20 Å². The maximum absolute atomic E-state index is 4.44. The van der Waals surface area contributed by atoms with E-state index in [0.29, 0.717) is 5.41 Å². The molecule has 0 radical (unpaired) electrons. The Bertz CT molecular complexity index is 1010. The summed E-state index contributed by atoms with van der Waals surface area (Å²) in [6.45, 7) is 6.63. The van der Waals surface area contributed by atoms with Gasteiger partial charge in [-0.2, -0.15) is 0 Å². The number of fused-ring (bicyclic) bond motifs is 1. The molecule has 30 heavy (non-hydrogen) atoms. The van der Waals surface area contributed by atoms with Crippen LogP contribution in [0.2, 0.25) is 0 Å². The summed E-state index contributed by atoms with van der Waals surface area (Å²) in [5.41, 5.74) is 2.97. The fourth-order valence-corrected chi connectivity index (χ4v) is 6.02. The first-order valence-electron chi connectivity index (χ1n) is 10.6. The van der Waals surface area contributed by atoms with E-state index < -0.39 is 0 Å². The second-order valence-electron chi connectivity index (χ2n) is 8.29. The second kappa shape index (κ2) is 8.44. The molecule has 5 nitrogen and oxygen atoms in total. The number of hydrogen-bond donors (Lipinski definition) is 0. The Morgan fingerprint density at radius 2 is 2.07 bits per heavy atom. The molecule has 7 heteroatoms. The van der Waals surface area contributed by atoms with Crippen LogP contribution in [0.3, 0.4) is 0 Å². The van der Waals surface area contributed by atoms with Crippen molar-refractivity contribution in [3.8, 4) is 11.4 Å². The molecule has 3 heterocycles. The quantitative estimate of drug-likeness (QED) is 0.337. The highest BCUT2D eigenvalue weighted by molar-refractivity contribution is 9.10. The smallest absolute Gasteiger partial charge is 0.191 e. The zero-order valence-electron chi connectivity index (χ0n) is 17.2. The zero-order chi connectivity index (χ0) is 20.6. The number of pyridine rings is 1. The van der Waals surface area contributed by atoms with Gasteiger partial charge in [0.15, 0.2) is 11.0 Å².